The molecule has 2 rings (SSSR count). The Labute approximate surface area is 111 Å². The normalized spacial score (nSPS) is 19.2. The zero-order chi connectivity index (χ0) is 13.1. The van der Waals surface area contributed by atoms with Crippen molar-refractivity contribution in [1.82, 2.24) is 9.47 Å². The molecule has 0 saturated carbocycles. The maximum Gasteiger partial charge on any atom is 0.254 e. The zero-order valence-corrected chi connectivity index (χ0v) is 11.2. The Bertz CT molecular complexity index is 498. The van der Waals surface area contributed by atoms with Gasteiger partial charge in [0.1, 0.15) is 0 Å². The average molecular weight is 269 g/mol. The van der Waals surface area contributed by atoms with Crippen LogP contribution in [-0.4, -0.2) is 34.3 Å². The number of hydrogen-bond donors (Lipinski definition) is 0. The number of amides is 1. The van der Waals surface area contributed by atoms with Crippen LogP contribution in [0, 0.1) is 5.92 Å². The van der Waals surface area contributed by atoms with Gasteiger partial charge in [0, 0.05) is 43.8 Å². The Morgan fingerprint density at radius 3 is 3.00 bits per heavy atom. The first-order chi connectivity index (χ1) is 8.61. The van der Waals surface area contributed by atoms with Crippen LogP contribution < -0.4 is 5.56 Å². The van der Waals surface area contributed by atoms with Crippen molar-refractivity contribution in [1.29, 1.82) is 0 Å². The molecule has 98 valence electrons. The number of aryl methyl sites for hydroxylation is 1. The van der Waals surface area contributed by atoms with E-state index in [9.17, 15) is 9.59 Å². The summed E-state index contributed by atoms with van der Waals surface area (Å²) in [5, 5.41) is 0. The number of rotatable bonds is 3. The van der Waals surface area contributed by atoms with Crippen LogP contribution in [-0.2, 0) is 7.05 Å². The minimum Gasteiger partial charge on any atom is -0.338 e. The highest BCUT2D eigenvalue weighted by atomic mass is 35.5. The maximum absolute atomic E-state index is 12.2. The molecule has 0 spiro atoms. The largest absolute Gasteiger partial charge is 0.338 e. The van der Waals surface area contributed by atoms with Gasteiger partial charge in [-0.3, -0.25) is 9.59 Å². The molecule has 0 aromatic carbocycles. The predicted octanol–water partition coefficient (Wildman–Crippen LogP) is 1.48. The van der Waals surface area contributed by atoms with Gasteiger partial charge in [-0.05, 0) is 24.8 Å². The van der Waals surface area contributed by atoms with Gasteiger partial charge in [0.25, 0.3) is 11.5 Å². The van der Waals surface area contributed by atoms with Gasteiger partial charge >= 0.3 is 0 Å². The van der Waals surface area contributed by atoms with E-state index in [4.69, 9.17) is 11.6 Å². The fraction of sp³-hybridized carbons (Fsp3) is 0.538. The van der Waals surface area contributed by atoms with Crippen LogP contribution >= 0.6 is 11.6 Å². The molecule has 0 N–H and O–H groups in total. The topological polar surface area (TPSA) is 42.3 Å². The molecule has 18 heavy (non-hydrogen) atoms. The minimum atomic E-state index is -0.155. The molecule has 1 aliphatic rings. The van der Waals surface area contributed by atoms with Gasteiger partial charge in [0.05, 0.1) is 0 Å². The second-order valence-electron chi connectivity index (χ2n) is 4.75. The standard InChI is InChI=1S/C13H17ClN2O2/c1-15-6-4-11(8-12(15)17)13(18)16-7-3-10(9-16)2-5-14/h4,6,8,10H,2-3,5,7,9H2,1H3. The number of alkyl halides is 1. The van der Waals surface area contributed by atoms with Crippen LogP contribution in [0.5, 0.6) is 0 Å². The summed E-state index contributed by atoms with van der Waals surface area (Å²) >= 11 is 5.72. The molecule has 0 bridgehead atoms. The van der Waals surface area contributed by atoms with E-state index in [2.05, 4.69) is 0 Å². The lowest BCUT2D eigenvalue weighted by Gasteiger charge is -2.16. The molecule has 1 aliphatic heterocycles. The highest BCUT2D eigenvalue weighted by Gasteiger charge is 2.26. The molecular formula is C13H17ClN2O2. The molecule has 0 radical (unpaired) electrons. The van der Waals surface area contributed by atoms with Crippen LogP contribution in [0.4, 0.5) is 0 Å². The number of carbonyl (C=O) groups excluding carboxylic acids is 1. The second-order valence-corrected chi connectivity index (χ2v) is 5.13. The van der Waals surface area contributed by atoms with Crippen molar-refractivity contribution in [2.24, 2.45) is 13.0 Å². The van der Waals surface area contributed by atoms with E-state index in [0.717, 1.165) is 25.9 Å². The van der Waals surface area contributed by atoms with Gasteiger partial charge in [-0.2, -0.15) is 0 Å². The fourth-order valence-corrected chi connectivity index (χ4v) is 2.58. The van der Waals surface area contributed by atoms with Crippen LogP contribution in [0.3, 0.4) is 0 Å². The van der Waals surface area contributed by atoms with Gasteiger partial charge in [0.15, 0.2) is 0 Å². The average Bonchev–Trinajstić information content (AvgIpc) is 2.81. The second kappa shape index (κ2) is 5.57. The van der Waals surface area contributed by atoms with Crippen LogP contribution in [0.1, 0.15) is 23.2 Å². The van der Waals surface area contributed by atoms with Crippen molar-refractivity contribution in [2.45, 2.75) is 12.8 Å². The molecule has 5 heteroatoms. The Balaban J connectivity index is 2.08. The van der Waals surface area contributed by atoms with Crippen LogP contribution in [0.15, 0.2) is 23.1 Å². The maximum atomic E-state index is 12.2. The molecule has 1 fully saturated rings. The fourth-order valence-electron chi connectivity index (χ4n) is 2.27. The summed E-state index contributed by atoms with van der Waals surface area (Å²) < 4.78 is 1.46. The van der Waals surface area contributed by atoms with E-state index < -0.39 is 0 Å². The quantitative estimate of drug-likeness (QED) is 0.780. The van der Waals surface area contributed by atoms with E-state index in [1.165, 1.54) is 10.6 Å². The molecule has 1 atom stereocenters. The highest BCUT2D eigenvalue weighted by molar-refractivity contribution is 6.17. The Morgan fingerprint density at radius 2 is 2.33 bits per heavy atom. The molecule has 1 unspecified atom stereocenters. The third-order valence-corrected chi connectivity index (χ3v) is 3.66. The number of nitrogens with zero attached hydrogens (tertiary/aromatic N) is 2. The summed E-state index contributed by atoms with van der Waals surface area (Å²) in [7, 11) is 1.67. The summed E-state index contributed by atoms with van der Waals surface area (Å²) in [6.45, 7) is 1.51. The summed E-state index contributed by atoms with van der Waals surface area (Å²) in [5.41, 5.74) is 0.321. The number of pyridine rings is 1. The van der Waals surface area contributed by atoms with Gasteiger partial charge in [0.2, 0.25) is 0 Å². The third-order valence-electron chi connectivity index (χ3n) is 3.44. The molecule has 1 saturated heterocycles. The summed E-state index contributed by atoms with van der Waals surface area (Å²) in [5.74, 6) is 1.08. The summed E-state index contributed by atoms with van der Waals surface area (Å²) in [6, 6.07) is 3.09. The SMILES string of the molecule is Cn1ccc(C(=O)N2CCC(CCCl)C2)cc1=O. The summed E-state index contributed by atoms with van der Waals surface area (Å²) in [4.78, 5) is 25.5. The number of aromatic nitrogens is 1. The monoisotopic (exact) mass is 268 g/mol. The number of halogens is 1. The first-order valence-corrected chi connectivity index (χ1v) is 6.67. The van der Waals surface area contributed by atoms with Crippen molar-refractivity contribution in [3.05, 3.63) is 34.2 Å². The minimum absolute atomic E-state index is 0.0511. The van der Waals surface area contributed by atoms with Gasteiger partial charge in [-0.1, -0.05) is 0 Å². The van der Waals surface area contributed by atoms with Gasteiger partial charge in [-0.15, -0.1) is 11.6 Å². The molecule has 1 aromatic rings. The first kappa shape index (κ1) is 13.1. The Morgan fingerprint density at radius 1 is 1.56 bits per heavy atom. The van der Waals surface area contributed by atoms with Crippen LogP contribution in [0.2, 0.25) is 0 Å². The van der Waals surface area contributed by atoms with E-state index >= 15 is 0 Å². The molecule has 1 aromatic heterocycles. The molecule has 2 heterocycles. The molecule has 1 amide bonds. The van der Waals surface area contributed by atoms with E-state index in [0.29, 0.717) is 17.4 Å². The van der Waals surface area contributed by atoms with E-state index in [1.54, 1.807) is 19.3 Å². The highest BCUT2D eigenvalue weighted by Crippen LogP contribution is 2.21. The van der Waals surface area contributed by atoms with Gasteiger partial charge < -0.3 is 9.47 Å². The van der Waals surface area contributed by atoms with Crippen molar-refractivity contribution < 1.29 is 4.79 Å². The predicted molar refractivity (Wildman–Crippen MR) is 71.0 cm³/mol. The third kappa shape index (κ3) is 2.75. The number of carbonyl (C=O) groups is 1. The van der Waals surface area contributed by atoms with E-state index in [-0.39, 0.29) is 11.5 Å². The molecular weight excluding hydrogens is 252 g/mol. The lowest BCUT2D eigenvalue weighted by atomic mass is 10.1. The van der Waals surface area contributed by atoms with E-state index in [1.807, 2.05) is 4.90 Å². The van der Waals surface area contributed by atoms with Gasteiger partial charge in [-0.25, -0.2) is 0 Å². The lowest BCUT2D eigenvalue weighted by Crippen LogP contribution is -2.30. The zero-order valence-electron chi connectivity index (χ0n) is 10.4. The van der Waals surface area contributed by atoms with Crippen molar-refractivity contribution in [3.63, 3.8) is 0 Å². The Hall–Kier alpha value is -1.29. The van der Waals surface area contributed by atoms with Crippen molar-refractivity contribution >= 4 is 17.5 Å². The number of likely N-dealkylation sites (tertiary alicyclic amines) is 1. The summed E-state index contributed by atoms with van der Waals surface area (Å²) in [6.07, 6.45) is 3.58. The van der Waals surface area contributed by atoms with Crippen LogP contribution in [0.25, 0.3) is 0 Å². The first-order valence-electron chi connectivity index (χ1n) is 6.13. The lowest BCUT2D eigenvalue weighted by molar-refractivity contribution is 0.0786. The number of hydrogen-bond acceptors (Lipinski definition) is 2. The van der Waals surface area contributed by atoms with Crippen molar-refractivity contribution in [3.8, 4) is 0 Å². The van der Waals surface area contributed by atoms with Crippen molar-refractivity contribution in [2.75, 3.05) is 19.0 Å². The Kier molecular flexibility index (Phi) is 4.07. The smallest absolute Gasteiger partial charge is 0.254 e. The molecule has 0 aliphatic carbocycles. The molecule has 4 nitrogen and oxygen atoms in total.